The summed E-state index contributed by atoms with van der Waals surface area (Å²) in [7, 11) is 0. The Morgan fingerprint density at radius 1 is 1.32 bits per heavy atom. The smallest absolute Gasteiger partial charge is 0.414 e. The van der Waals surface area contributed by atoms with Crippen LogP contribution in [0.3, 0.4) is 0 Å². The van der Waals surface area contributed by atoms with E-state index in [1.807, 2.05) is 43.3 Å². The molecule has 0 saturated heterocycles. The molecule has 1 amide bonds. The first-order valence-corrected chi connectivity index (χ1v) is 7.22. The topological polar surface area (TPSA) is 53.3 Å². The summed E-state index contributed by atoms with van der Waals surface area (Å²) in [5, 5.41) is 9.03. The number of carbonyl (C=O) groups is 1. The maximum atomic E-state index is 12.4. The predicted molar refractivity (Wildman–Crippen MR) is 83.4 cm³/mol. The van der Waals surface area contributed by atoms with Gasteiger partial charge in [-0.05, 0) is 36.6 Å². The molecule has 1 atom stereocenters. The summed E-state index contributed by atoms with van der Waals surface area (Å²) in [6.45, 7) is 2.23. The zero-order chi connectivity index (χ0) is 15.5. The highest BCUT2D eigenvalue weighted by atomic mass is 16.6. The van der Waals surface area contributed by atoms with E-state index in [1.54, 1.807) is 17.0 Å². The lowest BCUT2D eigenvalue weighted by Crippen LogP contribution is -2.36. The highest BCUT2D eigenvalue weighted by molar-refractivity contribution is 5.91. The van der Waals surface area contributed by atoms with Gasteiger partial charge >= 0.3 is 6.09 Å². The average molecular weight is 292 g/mol. The maximum Gasteiger partial charge on any atom is 0.414 e. The number of nitrogens with zero attached hydrogens (tertiary/aromatic N) is 2. The lowest BCUT2D eigenvalue weighted by Gasteiger charge is -2.22. The minimum Gasteiger partial charge on any atom is -0.444 e. The van der Waals surface area contributed by atoms with E-state index in [0.29, 0.717) is 5.56 Å². The molecule has 22 heavy (non-hydrogen) atoms. The lowest BCUT2D eigenvalue weighted by atomic mass is 10.1. The third-order valence-corrected chi connectivity index (χ3v) is 3.83. The maximum absolute atomic E-state index is 12.4. The van der Waals surface area contributed by atoms with Crippen molar-refractivity contribution in [1.29, 1.82) is 5.26 Å². The van der Waals surface area contributed by atoms with Crippen LogP contribution in [0.5, 0.6) is 0 Å². The van der Waals surface area contributed by atoms with Crippen molar-refractivity contribution in [1.82, 2.24) is 0 Å². The summed E-state index contributed by atoms with van der Waals surface area (Å²) in [5.74, 6) is 0. The molecule has 1 aliphatic heterocycles. The minimum absolute atomic E-state index is 0.0345. The second-order valence-corrected chi connectivity index (χ2v) is 5.42. The van der Waals surface area contributed by atoms with Crippen molar-refractivity contribution in [2.24, 2.45) is 0 Å². The van der Waals surface area contributed by atoms with Crippen LogP contribution >= 0.6 is 0 Å². The van der Waals surface area contributed by atoms with Crippen molar-refractivity contribution < 1.29 is 9.53 Å². The second-order valence-electron chi connectivity index (χ2n) is 5.42. The monoisotopic (exact) mass is 292 g/mol. The van der Waals surface area contributed by atoms with Crippen LogP contribution in [0.25, 0.3) is 0 Å². The van der Waals surface area contributed by atoms with Gasteiger partial charge in [0.1, 0.15) is 6.61 Å². The summed E-state index contributed by atoms with van der Waals surface area (Å²) < 4.78 is 5.42. The van der Waals surface area contributed by atoms with Gasteiger partial charge in [0.25, 0.3) is 0 Å². The van der Waals surface area contributed by atoms with Crippen LogP contribution < -0.4 is 4.90 Å². The molecule has 1 unspecified atom stereocenters. The first-order chi connectivity index (χ1) is 10.7. The van der Waals surface area contributed by atoms with Gasteiger partial charge in [0, 0.05) is 6.04 Å². The summed E-state index contributed by atoms with van der Waals surface area (Å²) in [4.78, 5) is 14.1. The number of rotatable bonds is 2. The van der Waals surface area contributed by atoms with Crippen molar-refractivity contribution in [3.05, 3.63) is 65.2 Å². The van der Waals surface area contributed by atoms with Gasteiger partial charge in [0.05, 0.1) is 17.3 Å². The molecular weight excluding hydrogens is 276 g/mol. The van der Waals surface area contributed by atoms with Crippen LogP contribution in [0.1, 0.15) is 23.6 Å². The van der Waals surface area contributed by atoms with E-state index < -0.39 is 0 Å². The average Bonchev–Trinajstić information content (AvgIpc) is 2.88. The number of nitriles is 1. The Balaban J connectivity index is 1.77. The number of carbonyl (C=O) groups excluding carboxylic acids is 1. The molecule has 0 aromatic heterocycles. The molecule has 110 valence electrons. The third-order valence-electron chi connectivity index (χ3n) is 3.83. The Hall–Kier alpha value is -2.80. The normalized spacial score (nSPS) is 16.0. The molecule has 2 aromatic rings. The fraction of sp³-hybridized carbons (Fsp3) is 0.222. The summed E-state index contributed by atoms with van der Waals surface area (Å²) in [5.41, 5.74) is 3.36. The zero-order valence-corrected chi connectivity index (χ0v) is 12.3. The van der Waals surface area contributed by atoms with Gasteiger partial charge in [-0.2, -0.15) is 5.26 Å². The number of anilines is 1. The van der Waals surface area contributed by atoms with Crippen LogP contribution in [0.4, 0.5) is 10.5 Å². The van der Waals surface area contributed by atoms with E-state index in [4.69, 9.17) is 10.00 Å². The second kappa shape index (κ2) is 5.90. The molecule has 0 saturated carbocycles. The van der Waals surface area contributed by atoms with Gasteiger partial charge < -0.3 is 4.74 Å². The van der Waals surface area contributed by atoms with Crippen molar-refractivity contribution in [3.63, 3.8) is 0 Å². The molecule has 0 radical (unpaired) electrons. The molecule has 4 heteroatoms. The number of amides is 1. The number of hydrogen-bond donors (Lipinski definition) is 0. The van der Waals surface area contributed by atoms with Gasteiger partial charge in [-0.3, -0.25) is 4.90 Å². The molecule has 0 bridgehead atoms. The molecule has 0 spiro atoms. The Morgan fingerprint density at radius 2 is 2.09 bits per heavy atom. The Bertz CT molecular complexity index is 734. The Kier molecular flexibility index (Phi) is 3.80. The fourth-order valence-corrected chi connectivity index (χ4v) is 2.74. The summed E-state index contributed by atoms with van der Waals surface area (Å²) in [6.07, 6.45) is 0.409. The molecule has 4 nitrogen and oxygen atoms in total. The molecule has 3 rings (SSSR count). The SMILES string of the molecule is CC1Cc2ccc(C#N)cc2N1C(=O)OCc1ccccc1. The van der Waals surface area contributed by atoms with Crippen molar-refractivity contribution >= 4 is 11.8 Å². The highest BCUT2D eigenvalue weighted by Gasteiger charge is 2.32. The highest BCUT2D eigenvalue weighted by Crippen LogP contribution is 2.33. The molecule has 2 aromatic carbocycles. The number of hydrogen-bond acceptors (Lipinski definition) is 3. The number of ether oxygens (including phenoxy) is 1. The van der Waals surface area contributed by atoms with Gasteiger partial charge in [-0.25, -0.2) is 4.79 Å². The van der Waals surface area contributed by atoms with Crippen molar-refractivity contribution in [3.8, 4) is 6.07 Å². The van der Waals surface area contributed by atoms with E-state index in [9.17, 15) is 4.79 Å². The molecule has 0 N–H and O–H groups in total. The zero-order valence-electron chi connectivity index (χ0n) is 12.3. The molecule has 1 aliphatic rings. The summed E-state index contributed by atoms with van der Waals surface area (Å²) >= 11 is 0. The van der Waals surface area contributed by atoms with Crippen LogP contribution in [-0.4, -0.2) is 12.1 Å². The predicted octanol–water partition coefficient (Wildman–Crippen LogP) is 3.65. The lowest BCUT2D eigenvalue weighted by molar-refractivity contribution is 0.145. The first-order valence-electron chi connectivity index (χ1n) is 7.22. The van der Waals surface area contributed by atoms with Crippen LogP contribution in [0.2, 0.25) is 0 Å². The molecular formula is C18H16N2O2. The third kappa shape index (κ3) is 2.66. The van der Waals surface area contributed by atoms with E-state index in [-0.39, 0.29) is 18.7 Å². The first kappa shape index (κ1) is 14.2. The van der Waals surface area contributed by atoms with Gasteiger partial charge in [-0.15, -0.1) is 0 Å². The van der Waals surface area contributed by atoms with Gasteiger partial charge in [-0.1, -0.05) is 36.4 Å². The number of fused-ring (bicyclic) bond motifs is 1. The largest absolute Gasteiger partial charge is 0.444 e. The quantitative estimate of drug-likeness (QED) is 0.849. The van der Waals surface area contributed by atoms with E-state index in [2.05, 4.69) is 6.07 Å². The molecule has 1 heterocycles. The Morgan fingerprint density at radius 3 is 2.82 bits per heavy atom. The van der Waals surface area contributed by atoms with Crippen LogP contribution in [-0.2, 0) is 17.8 Å². The standard InChI is InChI=1S/C18H16N2O2/c1-13-9-16-8-7-15(11-19)10-17(16)20(13)18(21)22-12-14-5-3-2-4-6-14/h2-8,10,13H,9,12H2,1H3. The number of benzene rings is 2. The van der Waals surface area contributed by atoms with Crippen molar-refractivity contribution in [2.45, 2.75) is 26.0 Å². The molecule has 0 fully saturated rings. The van der Waals surface area contributed by atoms with Crippen LogP contribution in [0, 0.1) is 11.3 Å². The fourth-order valence-electron chi connectivity index (χ4n) is 2.74. The van der Waals surface area contributed by atoms with E-state index >= 15 is 0 Å². The van der Waals surface area contributed by atoms with E-state index in [0.717, 1.165) is 23.2 Å². The minimum atomic E-state index is -0.370. The molecule has 0 aliphatic carbocycles. The summed E-state index contributed by atoms with van der Waals surface area (Å²) in [6, 6.07) is 17.2. The van der Waals surface area contributed by atoms with Gasteiger partial charge in [0.2, 0.25) is 0 Å². The van der Waals surface area contributed by atoms with Gasteiger partial charge in [0.15, 0.2) is 0 Å². The van der Waals surface area contributed by atoms with E-state index in [1.165, 1.54) is 0 Å². The van der Waals surface area contributed by atoms with Crippen molar-refractivity contribution in [2.75, 3.05) is 4.90 Å². The Labute approximate surface area is 129 Å². The van der Waals surface area contributed by atoms with Crippen LogP contribution in [0.15, 0.2) is 48.5 Å².